The molecule has 0 unspecified atom stereocenters. The number of hydrogen-bond donors (Lipinski definition) is 0. The summed E-state index contributed by atoms with van der Waals surface area (Å²) in [6, 6.07) is 16.1. The Morgan fingerprint density at radius 1 is 0.815 bits per heavy atom. The van der Waals surface area contributed by atoms with Crippen molar-refractivity contribution in [1.82, 2.24) is 4.98 Å². The van der Waals surface area contributed by atoms with Gasteiger partial charge in [0.25, 0.3) is 0 Å². The zero-order valence-electron chi connectivity index (χ0n) is 16.3. The standard InChI is InChI=1S/C25H24FN/c1-15(2)9-18-13-20(26)14-24-21(18)5-6-23-22(24)7-8-27-25(23)19-11-16(3)10-17(4)12-19/h5-8,10-15H,9H2,1-4H3. The van der Waals surface area contributed by atoms with Crippen molar-refractivity contribution < 1.29 is 4.39 Å². The van der Waals surface area contributed by atoms with Crippen molar-refractivity contribution in [1.29, 1.82) is 0 Å². The lowest BCUT2D eigenvalue weighted by molar-refractivity contribution is 0.616. The summed E-state index contributed by atoms with van der Waals surface area (Å²) in [6.07, 6.45) is 2.70. The summed E-state index contributed by atoms with van der Waals surface area (Å²) >= 11 is 0. The smallest absolute Gasteiger partial charge is 0.124 e. The molecule has 0 fully saturated rings. The van der Waals surface area contributed by atoms with Gasteiger partial charge < -0.3 is 0 Å². The summed E-state index contributed by atoms with van der Waals surface area (Å²) in [5.41, 5.74) is 5.57. The van der Waals surface area contributed by atoms with Gasteiger partial charge in [-0.2, -0.15) is 0 Å². The van der Waals surface area contributed by atoms with E-state index in [1.807, 2.05) is 12.3 Å². The molecule has 0 saturated heterocycles. The second-order valence-corrected chi connectivity index (χ2v) is 7.95. The number of nitrogens with zero attached hydrogens (tertiary/aromatic N) is 1. The van der Waals surface area contributed by atoms with E-state index in [0.717, 1.165) is 44.8 Å². The van der Waals surface area contributed by atoms with Crippen molar-refractivity contribution >= 4 is 21.5 Å². The number of pyridine rings is 1. The van der Waals surface area contributed by atoms with Gasteiger partial charge in [0, 0.05) is 17.1 Å². The van der Waals surface area contributed by atoms with Crippen LogP contribution < -0.4 is 0 Å². The van der Waals surface area contributed by atoms with E-state index in [-0.39, 0.29) is 5.82 Å². The SMILES string of the molecule is Cc1cc(C)cc(-c2nccc3c2ccc2c(CC(C)C)cc(F)cc23)c1. The van der Waals surface area contributed by atoms with E-state index < -0.39 is 0 Å². The van der Waals surface area contributed by atoms with E-state index >= 15 is 0 Å². The quantitative estimate of drug-likeness (QED) is 0.359. The van der Waals surface area contributed by atoms with Crippen LogP contribution in [0.15, 0.2) is 54.7 Å². The molecule has 4 aromatic rings. The molecule has 0 atom stereocenters. The van der Waals surface area contributed by atoms with Gasteiger partial charge >= 0.3 is 0 Å². The van der Waals surface area contributed by atoms with Crippen molar-refractivity contribution in [3.8, 4) is 11.3 Å². The third-order valence-electron chi connectivity index (χ3n) is 5.05. The molecule has 1 heterocycles. The van der Waals surface area contributed by atoms with Gasteiger partial charge in [-0.15, -0.1) is 0 Å². The van der Waals surface area contributed by atoms with Crippen LogP contribution in [0.4, 0.5) is 4.39 Å². The zero-order valence-corrected chi connectivity index (χ0v) is 16.3. The van der Waals surface area contributed by atoms with Crippen LogP contribution in [0.1, 0.15) is 30.5 Å². The van der Waals surface area contributed by atoms with E-state index in [2.05, 4.69) is 63.0 Å². The molecule has 3 aromatic carbocycles. The van der Waals surface area contributed by atoms with E-state index in [0.29, 0.717) is 5.92 Å². The van der Waals surface area contributed by atoms with E-state index in [9.17, 15) is 4.39 Å². The minimum atomic E-state index is -0.171. The topological polar surface area (TPSA) is 12.9 Å². The third-order valence-corrected chi connectivity index (χ3v) is 5.05. The summed E-state index contributed by atoms with van der Waals surface area (Å²) in [7, 11) is 0. The van der Waals surface area contributed by atoms with Gasteiger partial charge in [0.1, 0.15) is 5.82 Å². The minimum Gasteiger partial charge on any atom is -0.256 e. The molecule has 0 amide bonds. The van der Waals surface area contributed by atoms with E-state index in [1.165, 1.54) is 11.1 Å². The Bertz CT molecular complexity index is 1140. The Morgan fingerprint density at radius 2 is 1.52 bits per heavy atom. The van der Waals surface area contributed by atoms with Crippen molar-refractivity contribution in [2.45, 2.75) is 34.1 Å². The van der Waals surface area contributed by atoms with Crippen LogP contribution in [0.5, 0.6) is 0 Å². The Balaban J connectivity index is 2.03. The molecule has 1 aromatic heterocycles. The van der Waals surface area contributed by atoms with Gasteiger partial charge in [0.05, 0.1) is 5.69 Å². The Morgan fingerprint density at radius 3 is 2.22 bits per heavy atom. The maximum absolute atomic E-state index is 14.4. The van der Waals surface area contributed by atoms with Gasteiger partial charge in [-0.25, -0.2) is 4.39 Å². The van der Waals surface area contributed by atoms with Crippen molar-refractivity contribution in [3.63, 3.8) is 0 Å². The highest BCUT2D eigenvalue weighted by Gasteiger charge is 2.12. The first-order valence-corrected chi connectivity index (χ1v) is 9.51. The van der Waals surface area contributed by atoms with Crippen LogP contribution in [0.2, 0.25) is 0 Å². The Hall–Kier alpha value is -2.74. The van der Waals surface area contributed by atoms with Crippen LogP contribution in [-0.4, -0.2) is 4.98 Å². The monoisotopic (exact) mass is 357 g/mol. The molecular formula is C25H24FN. The normalized spacial score (nSPS) is 11.6. The molecule has 0 saturated carbocycles. The predicted octanol–water partition coefficient (Wildman–Crippen LogP) is 7.01. The molecule has 2 heteroatoms. The largest absolute Gasteiger partial charge is 0.256 e. The van der Waals surface area contributed by atoms with Crippen molar-refractivity contribution in [3.05, 3.63) is 77.2 Å². The summed E-state index contributed by atoms with van der Waals surface area (Å²) in [6.45, 7) is 8.54. The molecule has 0 N–H and O–H groups in total. The molecule has 0 bridgehead atoms. The second-order valence-electron chi connectivity index (χ2n) is 7.95. The van der Waals surface area contributed by atoms with Crippen LogP contribution in [0.3, 0.4) is 0 Å². The third kappa shape index (κ3) is 3.32. The van der Waals surface area contributed by atoms with E-state index in [1.54, 1.807) is 12.1 Å². The molecule has 0 aliphatic heterocycles. The number of halogens is 1. The Labute approximate surface area is 159 Å². The fourth-order valence-corrected chi connectivity index (χ4v) is 4.09. The predicted molar refractivity (Wildman–Crippen MR) is 113 cm³/mol. The first-order valence-electron chi connectivity index (χ1n) is 9.51. The van der Waals surface area contributed by atoms with Crippen LogP contribution in [0, 0.1) is 25.6 Å². The van der Waals surface area contributed by atoms with Crippen molar-refractivity contribution in [2.75, 3.05) is 0 Å². The van der Waals surface area contributed by atoms with Crippen LogP contribution in [-0.2, 0) is 6.42 Å². The summed E-state index contributed by atoms with van der Waals surface area (Å²) in [5.74, 6) is 0.310. The number of fused-ring (bicyclic) bond motifs is 3. The lowest BCUT2D eigenvalue weighted by atomic mass is 9.92. The maximum atomic E-state index is 14.4. The molecule has 0 aliphatic rings. The maximum Gasteiger partial charge on any atom is 0.124 e. The number of rotatable bonds is 3. The lowest BCUT2D eigenvalue weighted by Gasteiger charge is -2.14. The molecule has 27 heavy (non-hydrogen) atoms. The highest BCUT2D eigenvalue weighted by atomic mass is 19.1. The molecule has 0 radical (unpaired) electrons. The fourth-order valence-electron chi connectivity index (χ4n) is 4.09. The fraction of sp³-hybridized carbons (Fsp3) is 0.240. The molecule has 1 nitrogen and oxygen atoms in total. The Kier molecular flexibility index (Phi) is 4.43. The molecular weight excluding hydrogens is 333 g/mol. The summed E-state index contributed by atoms with van der Waals surface area (Å²) < 4.78 is 14.4. The minimum absolute atomic E-state index is 0.171. The average Bonchev–Trinajstić information content (AvgIpc) is 2.59. The summed E-state index contributed by atoms with van der Waals surface area (Å²) in [5, 5.41) is 4.23. The number of hydrogen-bond acceptors (Lipinski definition) is 1. The second kappa shape index (κ2) is 6.77. The van der Waals surface area contributed by atoms with Gasteiger partial charge in [0.2, 0.25) is 0 Å². The van der Waals surface area contributed by atoms with Crippen molar-refractivity contribution in [2.24, 2.45) is 5.92 Å². The van der Waals surface area contributed by atoms with E-state index in [4.69, 9.17) is 0 Å². The lowest BCUT2D eigenvalue weighted by Crippen LogP contribution is -1.97. The summed E-state index contributed by atoms with van der Waals surface area (Å²) in [4.78, 5) is 4.67. The van der Waals surface area contributed by atoms with Gasteiger partial charge in [-0.05, 0) is 78.2 Å². The highest BCUT2D eigenvalue weighted by molar-refractivity contribution is 6.12. The van der Waals surface area contributed by atoms with Gasteiger partial charge in [-0.1, -0.05) is 43.2 Å². The first-order chi connectivity index (χ1) is 12.9. The molecule has 0 spiro atoms. The number of benzene rings is 3. The first kappa shape index (κ1) is 17.7. The average molecular weight is 357 g/mol. The number of aryl methyl sites for hydroxylation is 2. The number of aromatic nitrogens is 1. The zero-order chi connectivity index (χ0) is 19.1. The van der Waals surface area contributed by atoms with Crippen LogP contribution >= 0.6 is 0 Å². The molecule has 136 valence electrons. The molecule has 4 rings (SSSR count). The van der Waals surface area contributed by atoms with Crippen LogP contribution in [0.25, 0.3) is 32.8 Å². The van der Waals surface area contributed by atoms with Gasteiger partial charge in [-0.3, -0.25) is 4.98 Å². The highest BCUT2D eigenvalue weighted by Crippen LogP contribution is 2.34. The van der Waals surface area contributed by atoms with Gasteiger partial charge in [0.15, 0.2) is 0 Å². The molecule has 0 aliphatic carbocycles.